The van der Waals surface area contributed by atoms with Crippen LogP contribution in [0.25, 0.3) is 0 Å². The molecule has 0 amide bonds. The Hall–Kier alpha value is -0.570. The first kappa shape index (κ1) is 9.52. The molecule has 0 bridgehead atoms. The number of rotatable bonds is 1. The number of carbonyl (C=O) groups excluding carboxylic acids is 1. The van der Waals surface area contributed by atoms with Crippen molar-refractivity contribution in [3.63, 3.8) is 0 Å². The van der Waals surface area contributed by atoms with Crippen molar-refractivity contribution in [1.82, 2.24) is 4.90 Å². The van der Waals surface area contributed by atoms with Gasteiger partial charge in [0, 0.05) is 13.5 Å². The van der Waals surface area contributed by atoms with Crippen LogP contribution in [-0.4, -0.2) is 37.1 Å². The summed E-state index contributed by atoms with van der Waals surface area (Å²) >= 11 is 0. The molecule has 1 rings (SSSR count). The number of likely N-dealkylation sites (tertiary alicyclic amines) is 1. The molecule has 0 aromatic heterocycles. The Bertz CT molecular complexity index is 159. The van der Waals surface area contributed by atoms with Gasteiger partial charge in [-0.15, -0.1) is 0 Å². The van der Waals surface area contributed by atoms with E-state index < -0.39 is 0 Å². The Labute approximate surface area is 73.7 Å². The molecule has 1 aliphatic rings. The molecule has 0 aliphatic carbocycles. The summed E-state index contributed by atoms with van der Waals surface area (Å²) in [4.78, 5) is 13.0. The van der Waals surface area contributed by atoms with Crippen LogP contribution in [0.4, 0.5) is 0 Å². The van der Waals surface area contributed by atoms with Crippen molar-refractivity contribution >= 4 is 5.97 Å². The van der Waals surface area contributed by atoms with Gasteiger partial charge in [-0.05, 0) is 32.9 Å². The van der Waals surface area contributed by atoms with Gasteiger partial charge in [0.1, 0.15) is 6.10 Å². The molecule has 0 aromatic rings. The Kier molecular flexibility index (Phi) is 3.53. The highest BCUT2D eigenvalue weighted by molar-refractivity contribution is 5.66. The van der Waals surface area contributed by atoms with Crippen molar-refractivity contribution in [3.05, 3.63) is 0 Å². The predicted molar refractivity (Wildman–Crippen MR) is 46.9 cm³/mol. The van der Waals surface area contributed by atoms with Gasteiger partial charge in [-0.3, -0.25) is 4.79 Å². The van der Waals surface area contributed by atoms with Crippen molar-refractivity contribution < 1.29 is 9.53 Å². The third-order valence-electron chi connectivity index (χ3n) is 2.23. The smallest absolute Gasteiger partial charge is 0.302 e. The number of hydrogen-bond acceptors (Lipinski definition) is 3. The molecule has 1 fully saturated rings. The minimum Gasteiger partial charge on any atom is -0.463 e. The summed E-state index contributed by atoms with van der Waals surface area (Å²) < 4.78 is 5.15. The van der Waals surface area contributed by atoms with Crippen LogP contribution in [0.15, 0.2) is 0 Å². The van der Waals surface area contributed by atoms with Gasteiger partial charge >= 0.3 is 5.97 Å². The monoisotopic (exact) mass is 171 g/mol. The van der Waals surface area contributed by atoms with E-state index in [2.05, 4.69) is 11.9 Å². The van der Waals surface area contributed by atoms with E-state index >= 15 is 0 Å². The Morgan fingerprint density at radius 3 is 2.83 bits per heavy atom. The van der Waals surface area contributed by atoms with Crippen LogP contribution in [-0.2, 0) is 9.53 Å². The lowest BCUT2D eigenvalue weighted by Crippen LogP contribution is -2.21. The summed E-state index contributed by atoms with van der Waals surface area (Å²) in [5, 5.41) is 0. The Morgan fingerprint density at radius 2 is 2.17 bits per heavy atom. The first-order valence-corrected chi connectivity index (χ1v) is 4.54. The van der Waals surface area contributed by atoms with Crippen LogP contribution in [0, 0.1) is 0 Å². The maximum Gasteiger partial charge on any atom is 0.302 e. The summed E-state index contributed by atoms with van der Waals surface area (Å²) in [7, 11) is 2.11. The summed E-state index contributed by atoms with van der Waals surface area (Å²) in [6.07, 6.45) is 3.29. The molecule has 1 aliphatic heterocycles. The Morgan fingerprint density at radius 1 is 1.42 bits per heavy atom. The third kappa shape index (κ3) is 3.22. The van der Waals surface area contributed by atoms with E-state index in [0.717, 1.165) is 32.4 Å². The molecule has 0 radical (unpaired) electrons. The van der Waals surface area contributed by atoms with E-state index in [1.807, 2.05) is 0 Å². The molecule has 1 unspecified atom stereocenters. The fraction of sp³-hybridized carbons (Fsp3) is 0.889. The van der Waals surface area contributed by atoms with E-state index in [0.29, 0.717) is 0 Å². The molecule has 1 saturated heterocycles. The zero-order valence-electron chi connectivity index (χ0n) is 7.88. The van der Waals surface area contributed by atoms with Crippen LogP contribution >= 0.6 is 0 Å². The van der Waals surface area contributed by atoms with Crippen LogP contribution in [0.2, 0.25) is 0 Å². The first-order chi connectivity index (χ1) is 5.68. The van der Waals surface area contributed by atoms with Gasteiger partial charge in [0.15, 0.2) is 0 Å². The van der Waals surface area contributed by atoms with Crippen LogP contribution in [0.5, 0.6) is 0 Å². The molecule has 3 heteroatoms. The van der Waals surface area contributed by atoms with Gasteiger partial charge in [0.05, 0.1) is 0 Å². The third-order valence-corrected chi connectivity index (χ3v) is 2.23. The van der Waals surface area contributed by atoms with Crippen LogP contribution in [0.1, 0.15) is 26.2 Å². The van der Waals surface area contributed by atoms with Gasteiger partial charge in [-0.25, -0.2) is 0 Å². The van der Waals surface area contributed by atoms with Crippen molar-refractivity contribution in [2.75, 3.05) is 20.1 Å². The number of carbonyl (C=O) groups is 1. The molecule has 3 nitrogen and oxygen atoms in total. The largest absolute Gasteiger partial charge is 0.463 e. The van der Waals surface area contributed by atoms with Crippen LogP contribution in [0.3, 0.4) is 0 Å². The van der Waals surface area contributed by atoms with Gasteiger partial charge < -0.3 is 9.64 Å². The number of esters is 1. The summed E-state index contributed by atoms with van der Waals surface area (Å²) in [6.45, 7) is 3.64. The molecule has 0 aromatic carbocycles. The Balaban J connectivity index is 2.30. The van der Waals surface area contributed by atoms with Gasteiger partial charge in [-0.2, -0.15) is 0 Å². The zero-order valence-corrected chi connectivity index (χ0v) is 7.88. The minimum atomic E-state index is -0.149. The van der Waals surface area contributed by atoms with Crippen molar-refractivity contribution in [3.8, 4) is 0 Å². The fourth-order valence-corrected chi connectivity index (χ4v) is 1.56. The highest BCUT2D eigenvalue weighted by Crippen LogP contribution is 2.12. The summed E-state index contributed by atoms with van der Waals surface area (Å²) in [5.74, 6) is -0.149. The second-order valence-corrected chi connectivity index (χ2v) is 3.47. The van der Waals surface area contributed by atoms with E-state index in [9.17, 15) is 4.79 Å². The average molecular weight is 171 g/mol. The average Bonchev–Trinajstić information content (AvgIpc) is 2.15. The normalized spacial score (nSPS) is 26.3. The van der Waals surface area contributed by atoms with Gasteiger partial charge in [0.25, 0.3) is 0 Å². The SMILES string of the molecule is CC(=O)OC1CCCN(C)CC1. The highest BCUT2D eigenvalue weighted by Gasteiger charge is 2.16. The lowest BCUT2D eigenvalue weighted by molar-refractivity contribution is -0.146. The summed E-state index contributed by atoms with van der Waals surface area (Å²) in [6, 6.07) is 0. The maximum atomic E-state index is 10.7. The van der Waals surface area contributed by atoms with Gasteiger partial charge in [0.2, 0.25) is 0 Å². The predicted octanol–water partition coefficient (Wildman–Crippen LogP) is 1.03. The van der Waals surface area contributed by atoms with Crippen LogP contribution < -0.4 is 0 Å². The van der Waals surface area contributed by atoms with E-state index in [1.165, 1.54) is 6.92 Å². The molecule has 0 saturated carbocycles. The summed E-state index contributed by atoms with van der Waals surface area (Å²) in [5.41, 5.74) is 0. The lowest BCUT2D eigenvalue weighted by Gasteiger charge is -2.14. The molecule has 12 heavy (non-hydrogen) atoms. The first-order valence-electron chi connectivity index (χ1n) is 4.54. The molecule has 70 valence electrons. The lowest BCUT2D eigenvalue weighted by atomic mass is 10.2. The van der Waals surface area contributed by atoms with E-state index in [1.54, 1.807) is 0 Å². The standard InChI is InChI=1S/C9H17NO2/c1-8(11)12-9-4-3-6-10(2)7-5-9/h9H,3-7H2,1-2H3. The van der Waals surface area contributed by atoms with Crippen molar-refractivity contribution in [2.45, 2.75) is 32.3 Å². The second-order valence-electron chi connectivity index (χ2n) is 3.47. The fourth-order valence-electron chi connectivity index (χ4n) is 1.56. The number of ether oxygens (including phenoxy) is 1. The molecule has 0 N–H and O–H groups in total. The zero-order chi connectivity index (χ0) is 8.97. The molecular weight excluding hydrogens is 154 g/mol. The van der Waals surface area contributed by atoms with E-state index in [4.69, 9.17) is 4.74 Å². The minimum absolute atomic E-state index is 0.149. The van der Waals surface area contributed by atoms with Crippen molar-refractivity contribution in [1.29, 1.82) is 0 Å². The van der Waals surface area contributed by atoms with Gasteiger partial charge in [-0.1, -0.05) is 0 Å². The topological polar surface area (TPSA) is 29.5 Å². The quantitative estimate of drug-likeness (QED) is 0.552. The number of nitrogens with zero attached hydrogens (tertiary/aromatic N) is 1. The molecule has 0 spiro atoms. The van der Waals surface area contributed by atoms with E-state index in [-0.39, 0.29) is 12.1 Å². The molecule has 1 heterocycles. The maximum absolute atomic E-state index is 10.7. The molecular formula is C9H17NO2. The second kappa shape index (κ2) is 4.45. The number of hydrogen-bond donors (Lipinski definition) is 0. The highest BCUT2D eigenvalue weighted by atomic mass is 16.5. The van der Waals surface area contributed by atoms with Crippen molar-refractivity contribution in [2.24, 2.45) is 0 Å². The molecule has 1 atom stereocenters.